The molecule has 6 nitrogen and oxygen atoms in total. The normalized spacial score (nSPS) is 11.2. The van der Waals surface area contributed by atoms with E-state index in [9.17, 15) is 4.79 Å². The molecule has 0 aliphatic carbocycles. The van der Waals surface area contributed by atoms with Crippen molar-refractivity contribution in [3.8, 4) is 0 Å². The Balaban J connectivity index is 3.04. The Kier molecular flexibility index (Phi) is 19.1. The van der Waals surface area contributed by atoms with Gasteiger partial charge in [-0.3, -0.25) is 4.79 Å². The Morgan fingerprint density at radius 1 is 0.720 bits per heavy atom. The first kappa shape index (κ1) is 24.3. The number of rotatable bonds is 19. The Morgan fingerprint density at radius 3 is 1.68 bits per heavy atom. The molecule has 0 fully saturated rings. The molecule has 0 aromatic carbocycles. The lowest BCUT2D eigenvalue weighted by molar-refractivity contribution is -0.123. The maximum absolute atomic E-state index is 11.4. The van der Waals surface area contributed by atoms with Crippen LogP contribution in [-0.2, 0) is 19.0 Å². The van der Waals surface area contributed by atoms with Gasteiger partial charge in [0.2, 0.25) is 5.91 Å². The van der Waals surface area contributed by atoms with Gasteiger partial charge in [0.15, 0.2) is 0 Å². The fraction of sp³-hybridized carbons (Fsp3) is 0.947. The highest BCUT2D eigenvalue weighted by atomic mass is 16.5. The predicted molar refractivity (Wildman–Crippen MR) is 102 cm³/mol. The van der Waals surface area contributed by atoms with Crippen LogP contribution >= 0.6 is 0 Å². The molecule has 0 unspecified atom stereocenters. The number of amides is 1. The Bertz CT molecular complexity index is 289. The minimum Gasteiger partial charge on any atom is -0.379 e. The van der Waals surface area contributed by atoms with Crippen LogP contribution in [0, 0.1) is 5.92 Å². The fourth-order valence-corrected chi connectivity index (χ4v) is 2.15. The van der Waals surface area contributed by atoms with Crippen molar-refractivity contribution >= 4 is 5.91 Å². The maximum atomic E-state index is 11.4. The number of hydrogen-bond acceptors (Lipinski definition) is 5. The smallest absolute Gasteiger partial charge is 0.222 e. The molecule has 0 aliphatic heterocycles. The highest BCUT2D eigenvalue weighted by Crippen LogP contribution is 1.97. The minimum absolute atomic E-state index is 0.0667. The number of hydrogen-bond donors (Lipinski definition) is 2. The van der Waals surface area contributed by atoms with E-state index in [0.717, 1.165) is 52.0 Å². The van der Waals surface area contributed by atoms with Gasteiger partial charge in [0.1, 0.15) is 0 Å². The number of ether oxygens (including phenoxy) is 3. The summed E-state index contributed by atoms with van der Waals surface area (Å²) in [5.41, 5.74) is 0. The molecule has 6 heteroatoms. The van der Waals surface area contributed by atoms with Crippen molar-refractivity contribution in [3.63, 3.8) is 0 Å². The monoisotopic (exact) mass is 360 g/mol. The van der Waals surface area contributed by atoms with Crippen LogP contribution in [-0.4, -0.2) is 65.7 Å². The van der Waals surface area contributed by atoms with Gasteiger partial charge in [0, 0.05) is 25.7 Å². The van der Waals surface area contributed by atoms with E-state index < -0.39 is 0 Å². The third kappa shape index (κ3) is 19.5. The first-order valence-corrected chi connectivity index (χ1v) is 9.84. The van der Waals surface area contributed by atoms with Crippen molar-refractivity contribution in [1.82, 2.24) is 10.6 Å². The molecule has 150 valence electrons. The van der Waals surface area contributed by atoms with Gasteiger partial charge in [-0.2, -0.15) is 0 Å². The van der Waals surface area contributed by atoms with Crippen molar-refractivity contribution in [2.75, 3.05) is 59.8 Å². The van der Waals surface area contributed by atoms with Gasteiger partial charge in [-0.25, -0.2) is 0 Å². The summed E-state index contributed by atoms with van der Waals surface area (Å²) in [6.07, 6.45) is 6.63. The van der Waals surface area contributed by atoms with Crippen molar-refractivity contribution in [2.24, 2.45) is 5.92 Å². The summed E-state index contributed by atoms with van der Waals surface area (Å²) >= 11 is 0. The average Bonchev–Trinajstić information content (AvgIpc) is 2.60. The molecule has 0 radical (unpaired) electrons. The second-order valence-corrected chi connectivity index (χ2v) is 6.51. The van der Waals surface area contributed by atoms with E-state index >= 15 is 0 Å². The summed E-state index contributed by atoms with van der Waals surface area (Å²) in [4.78, 5) is 11.4. The lowest BCUT2D eigenvalue weighted by Crippen LogP contribution is -2.28. The zero-order valence-electron chi connectivity index (χ0n) is 16.6. The Labute approximate surface area is 154 Å². The topological polar surface area (TPSA) is 68.8 Å². The van der Waals surface area contributed by atoms with Gasteiger partial charge in [-0.15, -0.1) is 0 Å². The third-order valence-electron chi connectivity index (χ3n) is 3.75. The molecule has 0 saturated carbocycles. The molecule has 25 heavy (non-hydrogen) atoms. The molecule has 0 aliphatic rings. The van der Waals surface area contributed by atoms with Gasteiger partial charge < -0.3 is 24.8 Å². The molecule has 0 aromatic heterocycles. The molecule has 0 spiro atoms. The lowest BCUT2D eigenvalue weighted by atomic mass is 10.2. The molecule has 0 saturated heterocycles. The first-order valence-electron chi connectivity index (χ1n) is 9.84. The van der Waals surface area contributed by atoms with E-state index in [0.29, 0.717) is 26.4 Å². The summed E-state index contributed by atoms with van der Waals surface area (Å²) in [6.45, 7) is 9.78. The van der Waals surface area contributed by atoms with E-state index in [1.807, 2.05) is 20.9 Å². The quantitative estimate of drug-likeness (QED) is 0.346. The van der Waals surface area contributed by atoms with Crippen LogP contribution in [0.3, 0.4) is 0 Å². The third-order valence-corrected chi connectivity index (χ3v) is 3.75. The molecule has 1 amide bonds. The standard InChI is InChI=1S/C19H40N2O4/c1-18(2)19(22)21-11-7-5-9-13-24-15-17-25-16-14-23-12-8-4-6-10-20-3/h18,20H,4-17H2,1-3H3,(H,21,22). The second-order valence-electron chi connectivity index (χ2n) is 6.51. The fourth-order valence-electron chi connectivity index (χ4n) is 2.15. The molecule has 2 N–H and O–H groups in total. The molecule has 0 atom stereocenters. The van der Waals surface area contributed by atoms with Crippen LogP contribution in [0.1, 0.15) is 52.4 Å². The Morgan fingerprint density at radius 2 is 1.20 bits per heavy atom. The second kappa shape index (κ2) is 19.6. The number of nitrogens with one attached hydrogen (secondary N) is 2. The van der Waals surface area contributed by atoms with Crippen molar-refractivity contribution in [1.29, 1.82) is 0 Å². The number of carbonyl (C=O) groups excluding carboxylic acids is 1. The van der Waals surface area contributed by atoms with Gasteiger partial charge in [0.05, 0.1) is 26.4 Å². The Hall–Kier alpha value is -0.690. The van der Waals surface area contributed by atoms with Crippen LogP contribution in [0.4, 0.5) is 0 Å². The van der Waals surface area contributed by atoms with Crippen LogP contribution in [0.15, 0.2) is 0 Å². The highest BCUT2D eigenvalue weighted by molar-refractivity contribution is 5.77. The van der Waals surface area contributed by atoms with E-state index in [1.54, 1.807) is 0 Å². The molecule has 0 heterocycles. The van der Waals surface area contributed by atoms with Crippen molar-refractivity contribution in [3.05, 3.63) is 0 Å². The van der Waals surface area contributed by atoms with E-state index in [1.165, 1.54) is 12.8 Å². The van der Waals surface area contributed by atoms with E-state index in [-0.39, 0.29) is 11.8 Å². The number of unbranched alkanes of at least 4 members (excludes halogenated alkanes) is 4. The predicted octanol–water partition coefficient (Wildman–Crippen LogP) is 2.37. The summed E-state index contributed by atoms with van der Waals surface area (Å²) in [5, 5.41) is 6.06. The number of carbonyl (C=O) groups is 1. The van der Waals surface area contributed by atoms with Gasteiger partial charge in [-0.05, 0) is 52.1 Å². The lowest BCUT2D eigenvalue weighted by Gasteiger charge is -2.08. The molecule has 0 bridgehead atoms. The molecular weight excluding hydrogens is 320 g/mol. The summed E-state index contributed by atoms with van der Waals surface area (Å²) < 4.78 is 16.5. The summed E-state index contributed by atoms with van der Waals surface area (Å²) in [7, 11) is 1.98. The van der Waals surface area contributed by atoms with Crippen LogP contribution in [0.2, 0.25) is 0 Å². The maximum Gasteiger partial charge on any atom is 0.222 e. The van der Waals surface area contributed by atoms with Crippen molar-refractivity contribution < 1.29 is 19.0 Å². The molecule has 0 rings (SSSR count). The van der Waals surface area contributed by atoms with Crippen LogP contribution in [0.5, 0.6) is 0 Å². The average molecular weight is 361 g/mol. The molecule has 0 aromatic rings. The first-order chi connectivity index (χ1) is 12.2. The van der Waals surface area contributed by atoms with Crippen LogP contribution in [0.25, 0.3) is 0 Å². The SMILES string of the molecule is CNCCCCCOCCOCCOCCCCCNC(=O)C(C)C. The van der Waals surface area contributed by atoms with Gasteiger partial charge in [-0.1, -0.05) is 13.8 Å². The van der Waals surface area contributed by atoms with Gasteiger partial charge in [0.25, 0.3) is 0 Å². The van der Waals surface area contributed by atoms with Crippen LogP contribution < -0.4 is 10.6 Å². The zero-order chi connectivity index (χ0) is 18.6. The van der Waals surface area contributed by atoms with E-state index in [2.05, 4.69) is 10.6 Å². The van der Waals surface area contributed by atoms with Crippen molar-refractivity contribution in [2.45, 2.75) is 52.4 Å². The zero-order valence-corrected chi connectivity index (χ0v) is 16.6. The largest absolute Gasteiger partial charge is 0.379 e. The highest BCUT2D eigenvalue weighted by Gasteiger charge is 2.04. The minimum atomic E-state index is 0.0667. The van der Waals surface area contributed by atoms with Gasteiger partial charge >= 0.3 is 0 Å². The summed E-state index contributed by atoms with van der Waals surface area (Å²) in [6, 6.07) is 0. The van der Waals surface area contributed by atoms with E-state index in [4.69, 9.17) is 14.2 Å². The molecular formula is C19H40N2O4. The summed E-state index contributed by atoms with van der Waals surface area (Å²) in [5.74, 6) is 0.197.